The zero-order valence-electron chi connectivity index (χ0n) is 27.3. The minimum absolute atomic E-state index is 0.0370. The Hall–Kier alpha value is -4.01. The number of carboxylic acids is 1. The number of hydrogen-bond donors (Lipinski definition) is 2. The van der Waals surface area contributed by atoms with Crippen LogP contribution in [-0.4, -0.2) is 72.9 Å². The maximum Gasteiger partial charge on any atom is 0.336 e. The van der Waals surface area contributed by atoms with Crippen LogP contribution in [0.3, 0.4) is 0 Å². The van der Waals surface area contributed by atoms with Gasteiger partial charge in [-0.25, -0.2) is 4.79 Å². The molecule has 2 aromatic carbocycles. The number of pyridine rings is 1. The highest BCUT2D eigenvalue weighted by Crippen LogP contribution is 2.50. The van der Waals surface area contributed by atoms with Crippen molar-refractivity contribution < 1.29 is 24.2 Å². The molecular formula is C38H47N3O5. The molecule has 0 spiro atoms. The fraction of sp³-hybridized carbons (Fsp3) is 0.447. The van der Waals surface area contributed by atoms with E-state index in [1.807, 2.05) is 13.0 Å². The predicted octanol–water partition coefficient (Wildman–Crippen LogP) is 5.94. The van der Waals surface area contributed by atoms with Gasteiger partial charge in [0.05, 0.1) is 18.6 Å². The van der Waals surface area contributed by atoms with Crippen molar-refractivity contribution in [3.8, 4) is 0 Å². The average Bonchev–Trinajstić information content (AvgIpc) is 3.09. The molecule has 8 heteroatoms. The SMILES string of the molecule is COC(=O)C1=C(C)NC(C)C(CCCOCCCN2CCC(c3ccccc3)(c3ccccc3)CC2)(C(=O)O)C1c1ccccn1. The standard InChI is InChI=1S/C38H47N3O5/c1-28-33(35(42)45-3)34(32-18-10-11-22-39-32)38(36(43)44,29(2)40-28)19-12-26-46-27-13-23-41-24-20-37(21-25-41,30-14-6-4-7-15-30)31-16-8-5-9-17-31/h4-11,14-18,22,29,34,40H,12-13,19-21,23-27H2,1-3H3,(H,43,44). The second-order valence-electron chi connectivity index (χ2n) is 12.7. The molecule has 0 amide bonds. The van der Waals surface area contributed by atoms with E-state index in [0.717, 1.165) is 38.9 Å². The number of benzene rings is 2. The van der Waals surface area contributed by atoms with Gasteiger partial charge >= 0.3 is 11.9 Å². The van der Waals surface area contributed by atoms with Crippen molar-refractivity contribution in [2.45, 2.75) is 63.3 Å². The third kappa shape index (κ3) is 6.74. The Kier molecular flexibility index (Phi) is 10.9. The number of hydrogen-bond acceptors (Lipinski definition) is 7. The maximum atomic E-state index is 13.1. The molecule has 5 rings (SSSR count). The van der Waals surface area contributed by atoms with Gasteiger partial charge in [0, 0.05) is 48.8 Å². The van der Waals surface area contributed by atoms with Crippen molar-refractivity contribution >= 4 is 11.9 Å². The molecule has 0 aliphatic carbocycles. The van der Waals surface area contributed by atoms with Gasteiger partial charge in [-0.15, -0.1) is 0 Å². The van der Waals surface area contributed by atoms with Crippen molar-refractivity contribution in [3.05, 3.63) is 113 Å². The monoisotopic (exact) mass is 625 g/mol. The quantitative estimate of drug-likeness (QED) is 0.178. The van der Waals surface area contributed by atoms with Crippen molar-refractivity contribution in [2.75, 3.05) is 40.0 Å². The number of carbonyl (C=O) groups is 2. The Bertz CT molecular complexity index is 1430. The lowest BCUT2D eigenvalue weighted by Crippen LogP contribution is -2.56. The number of aromatic nitrogens is 1. The van der Waals surface area contributed by atoms with E-state index in [0.29, 0.717) is 43.0 Å². The fourth-order valence-electron chi connectivity index (χ4n) is 7.75. The summed E-state index contributed by atoms with van der Waals surface area (Å²) >= 11 is 0. The van der Waals surface area contributed by atoms with Crippen LogP contribution in [0, 0.1) is 5.41 Å². The molecule has 2 aliphatic rings. The highest BCUT2D eigenvalue weighted by atomic mass is 16.5. The molecule has 0 bridgehead atoms. The van der Waals surface area contributed by atoms with Crippen LogP contribution in [-0.2, 0) is 24.5 Å². The van der Waals surface area contributed by atoms with E-state index in [4.69, 9.17) is 9.47 Å². The second-order valence-corrected chi connectivity index (χ2v) is 12.7. The van der Waals surface area contributed by atoms with E-state index >= 15 is 0 Å². The molecule has 0 radical (unpaired) electrons. The summed E-state index contributed by atoms with van der Waals surface area (Å²) in [7, 11) is 1.32. The minimum Gasteiger partial charge on any atom is -0.481 e. The predicted molar refractivity (Wildman–Crippen MR) is 178 cm³/mol. The topological polar surface area (TPSA) is 101 Å². The highest BCUT2D eigenvalue weighted by molar-refractivity contribution is 5.94. The number of nitrogens with one attached hydrogen (secondary N) is 1. The van der Waals surface area contributed by atoms with Gasteiger partial charge in [-0.2, -0.15) is 0 Å². The smallest absolute Gasteiger partial charge is 0.336 e. The molecule has 2 aliphatic heterocycles. The lowest BCUT2D eigenvalue weighted by atomic mass is 9.61. The van der Waals surface area contributed by atoms with Gasteiger partial charge in [0.2, 0.25) is 0 Å². The largest absolute Gasteiger partial charge is 0.481 e. The first kappa shape index (κ1) is 33.4. The molecule has 3 atom stereocenters. The van der Waals surface area contributed by atoms with Crippen LogP contribution in [0.2, 0.25) is 0 Å². The molecule has 3 unspecified atom stereocenters. The van der Waals surface area contributed by atoms with Crippen molar-refractivity contribution in [3.63, 3.8) is 0 Å². The van der Waals surface area contributed by atoms with Crippen LogP contribution in [0.5, 0.6) is 0 Å². The third-order valence-electron chi connectivity index (χ3n) is 10.2. The number of methoxy groups -OCH3 is 1. The van der Waals surface area contributed by atoms with Crippen LogP contribution in [0.1, 0.15) is 68.7 Å². The summed E-state index contributed by atoms with van der Waals surface area (Å²) < 4.78 is 11.2. The lowest BCUT2D eigenvalue weighted by molar-refractivity contribution is -0.154. The van der Waals surface area contributed by atoms with E-state index in [9.17, 15) is 14.7 Å². The van der Waals surface area contributed by atoms with E-state index in [1.54, 1.807) is 25.3 Å². The van der Waals surface area contributed by atoms with Crippen molar-refractivity contribution in [2.24, 2.45) is 5.41 Å². The van der Waals surface area contributed by atoms with Crippen LogP contribution in [0.25, 0.3) is 0 Å². The molecule has 244 valence electrons. The summed E-state index contributed by atoms with van der Waals surface area (Å²) in [6.45, 7) is 7.74. The first-order valence-corrected chi connectivity index (χ1v) is 16.4. The number of piperidine rings is 1. The summed E-state index contributed by atoms with van der Waals surface area (Å²) in [6.07, 6.45) is 5.55. The normalized spacial score (nSPS) is 23.0. The molecular weight excluding hydrogens is 578 g/mol. The Morgan fingerprint density at radius 2 is 1.54 bits per heavy atom. The van der Waals surface area contributed by atoms with Gasteiger partial charge in [-0.1, -0.05) is 66.7 Å². The average molecular weight is 626 g/mol. The van der Waals surface area contributed by atoms with Crippen molar-refractivity contribution in [1.82, 2.24) is 15.2 Å². The second kappa shape index (κ2) is 15.1. The summed E-state index contributed by atoms with van der Waals surface area (Å²) in [5.74, 6) is -2.27. The Morgan fingerprint density at radius 3 is 2.11 bits per heavy atom. The molecule has 3 heterocycles. The number of carbonyl (C=O) groups excluding carboxylic acids is 1. The first-order valence-electron chi connectivity index (χ1n) is 16.4. The molecule has 1 aromatic heterocycles. The number of allylic oxidation sites excluding steroid dienone is 1. The Labute approximate surface area is 272 Å². The number of nitrogens with zero attached hydrogens (tertiary/aromatic N) is 2. The summed E-state index contributed by atoms with van der Waals surface area (Å²) in [5, 5.41) is 14.0. The molecule has 1 fully saturated rings. The van der Waals surface area contributed by atoms with Gasteiger partial charge in [0.1, 0.15) is 5.41 Å². The van der Waals surface area contributed by atoms with Crippen molar-refractivity contribution in [1.29, 1.82) is 0 Å². The zero-order valence-corrected chi connectivity index (χ0v) is 27.3. The van der Waals surface area contributed by atoms with Crippen LogP contribution in [0.4, 0.5) is 0 Å². The molecule has 3 aromatic rings. The van der Waals surface area contributed by atoms with E-state index < -0.39 is 29.3 Å². The molecule has 8 nitrogen and oxygen atoms in total. The fourth-order valence-corrected chi connectivity index (χ4v) is 7.75. The lowest BCUT2D eigenvalue weighted by Gasteiger charge is -2.46. The maximum absolute atomic E-state index is 13.1. The van der Waals surface area contributed by atoms with E-state index in [2.05, 4.69) is 75.9 Å². The first-order chi connectivity index (χ1) is 22.3. The summed E-state index contributed by atoms with van der Waals surface area (Å²) in [5.41, 5.74) is 2.98. The number of carboxylic acid groups (broad SMARTS) is 1. The molecule has 0 saturated carbocycles. The number of aliphatic carboxylic acids is 1. The van der Waals surface area contributed by atoms with Gasteiger partial charge < -0.3 is 24.8 Å². The third-order valence-corrected chi connectivity index (χ3v) is 10.2. The minimum atomic E-state index is -1.31. The number of rotatable bonds is 13. The summed E-state index contributed by atoms with van der Waals surface area (Å²) in [4.78, 5) is 33.1. The van der Waals surface area contributed by atoms with E-state index in [-0.39, 0.29) is 5.41 Å². The van der Waals surface area contributed by atoms with Gasteiger partial charge in [0.25, 0.3) is 0 Å². The molecule has 1 saturated heterocycles. The number of likely N-dealkylation sites (tertiary alicyclic amines) is 1. The van der Waals surface area contributed by atoms with Crippen LogP contribution >= 0.6 is 0 Å². The number of ether oxygens (including phenoxy) is 2. The van der Waals surface area contributed by atoms with Gasteiger partial charge in [-0.3, -0.25) is 9.78 Å². The highest BCUT2D eigenvalue weighted by Gasteiger charge is 2.56. The molecule has 2 N–H and O–H groups in total. The van der Waals surface area contributed by atoms with Gasteiger partial charge in [-0.05, 0) is 82.3 Å². The van der Waals surface area contributed by atoms with E-state index in [1.165, 1.54) is 18.2 Å². The van der Waals surface area contributed by atoms with Crippen LogP contribution < -0.4 is 5.32 Å². The zero-order chi connectivity index (χ0) is 32.6. The Balaban J connectivity index is 1.16. The van der Waals surface area contributed by atoms with Gasteiger partial charge in [0.15, 0.2) is 0 Å². The summed E-state index contributed by atoms with van der Waals surface area (Å²) in [6, 6.07) is 26.7. The Morgan fingerprint density at radius 1 is 0.935 bits per heavy atom. The molecule has 46 heavy (non-hydrogen) atoms. The number of esters is 1. The van der Waals surface area contributed by atoms with Crippen LogP contribution in [0.15, 0.2) is 96.3 Å².